The number of hydrogen-bond donors (Lipinski definition) is 3. The van der Waals surface area contributed by atoms with Gasteiger partial charge in [0.15, 0.2) is 5.16 Å². The molecule has 0 aromatic carbocycles. The lowest BCUT2D eigenvalue weighted by molar-refractivity contribution is -0.132. The Morgan fingerprint density at radius 3 is 2.90 bits per heavy atom. The van der Waals surface area contributed by atoms with E-state index in [-0.39, 0.29) is 18.4 Å². The summed E-state index contributed by atoms with van der Waals surface area (Å²) in [6.45, 7) is 1.96. The molecule has 1 aromatic rings. The minimum absolute atomic E-state index is 0.0824. The molecule has 0 saturated carbocycles. The molecular formula is C11H16N6O2S. The molecule has 1 aliphatic heterocycles. The van der Waals surface area contributed by atoms with Crippen molar-refractivity contribution in [2.75, 3.05) is 23.1 Å². The number of amides is 2. The van der Waals surface area contributed by atoms with Crippen LogP contribution >= 0.6 is 11.8 Å². The molecule has 2 amide bonds. The quantitative estimate of drug-likeness (QED) is 0.229. The number of nitrogen functional groups attached to an aromatic ring is 1. The summed E-state index contributed by atoms with van der Waals surface area (Å²) >= 11 is 1.36. The fourth-order valence-electron chi connectivity index (χ4n) is 2.04. The van der Waals surface area contributed by atoms with E-state index >= 15 is 0 Å². The Kier molecular flexibility index (Phi) is 4.40. The van der Waals surface area contributed by atoms with Gasteiger partial charge in [0.2, 0.25) is 11.8 Å². The summed E-state index contributed by atoms with van der Waals surface area (Å²) in [5.41, 5.74) is 2.46. The van der Waals surface area contributed by atoms with Crippen LogP contribution in [-0.2, 0) is 9.59 Å². The Morgan fingerprint density at radius 1 is 1.55 bits per heavy atom. The van der Waals surface area contributed by atoms with Gasteiger partial charge in [-0.2, -0.15) is 0 Å². The van der Waals surface area contributed by atoms with Crippen molar-refractivity contribution in [3.8, 4) is 0 Å². The lowest BCUT2D eigenvalue weighted by Crippen LogP contribution is -2.58. The molecule has 0 aliphatic carbocycles. The molecule has 8 nitrogen and oxygen atoms in total. The lowest BCUT2D eigenvalue weighted by atomic mass is 10.1. The number of nitrogens with zero attached hydrogens (tertiary/aromatic N) is 3. The van der Waals surface area contributed by atoms with Crippen molar-refractivity contribution in [2.24, 2.45) is 5.84 Å². The number of hydrogen-bond acceptors (Lipinski definition) is 8. The Morgan fingerprint density at radius 2 is 2.30 bits per heavy atom. The summed E-state index contributed by atoms with van der Waals surface area (Å²) in [6.07, 6.45) is 2.41. The van der Waals surface area contributed by atoms with E-state index in [9.17, 15) is 9.59 Å². The monoisotopic (exact) mass is 296 g/mol. The van der Waals surface area contributed by atoms with Crippen LogP contribution in [0, 0.1) is 0 Å². The molecule has 1 aliphatic rings. The fourth-order valence-corrected chi connectivity index (χ4v) is 2.41. The van der Waals surface area contributed by atoms with Crippen LogP contribution in [0.25, 0.3) is 0 Å². The average molecular weight is 296 g/mol. The molecular weight excluding hydrogens is 280 g/mol. The lowest BCUT2D eigenvalue weighted by Gasteiger charge is -2.34. The van der Waals surface area contributed by atoms with Gasteiger partial charge in [0.05, 0.1) is 6.54 Å². The van der Waals surface area contributed by atoms with E-state index in [1.54, 1.807) is 11.0 Å². The van der Waals surface area contributed by atoms with Crippen LogP contribution in [-0.4, -0.2) is 40.6 Å². The third kappa shape index (κ3) is 2.83. The number of aromatic nitrogens is 2. The van der Waals surface area contributed by atoms with Crippen molar-refractivity contribution in [1.29, 1.82) is 0 Å². The van der Waals surface area contributed by atoms with E-state index in [1.807, 2.05) is 13.2 Å². The molecule has 4 N–H and O–H groups in total. The summed E-state index contributed by atoms with van der Waals surface area (Å²) < 4.78 is 0. The Bertz CT molecular complexity index is 515. The molecule has 0 bridgehead atoms. The van der Waals surface area contributed by atoms with Gasteiger partial charge in [0.1, 0.15) is 17.7 Å². The zero-order valence-corrected chi connectivity index (χ0v) is 12.0. The van der Waals surface area contributed by atoms with Crippen molar-refractivity contribution >= 4 is 35.2 Å². The molecule has 2 heterocycles. The molecule has 1 aromatic heterocycles. The number of hydrazine groups is 1. The molecule has 1 fully saturated rings. The van der Waals surface area contributed by atoms with Gasteiger partial charge < -0.3 is 10.3 Å². The zero-order chi connectivity index (χ0) is 14.7. The van der Waals surface area contributed by atoms with E-state index < -0.39 is 6.04 Å². The maximum absolute atomic E-state index is 11.9. The first-order valence-corrected chi connectivity index (χ1v) is 7.31. The van der Waals surface area contributed by atoms with Crippen molar-refractivity contribution in [3.63, 3.8) is 0 Å². The van der Waals surface area contributed by atoms with Gasteiger partial charge >= 0.3 is 0 Å². The highest BCUT2D eigenvalue weighted by molar-refractivity contribution is 7.98. The standard InChI is InChI=1S/C11H16N6O2S/c1-3-6-10(19)15-9(18)5-17(6)8-4-7(16-12)13-11(14-8)20-2/h4,6H,3,5,12H2,1-2H3,(H,13,14,16)(H,15,18,19). The largest absolute Gasteiger partial charge is 0.335 e. The van der Waals surface area contributed by atoms with Crippen LogP contribution in [0.1, 0.15) is 13.3 Å². The minimum Gasteiger partial charge on any atom is -0.335 e. The Labute approximate surface area is 120 Å². The highest BCUT2D eigenvalue weighted by Gasteiger charge is 2.33. The molecule has 0 spiro atoms. The molecule has 20 heavy (non-hydrogen) atoms. The van der Waals surface area contributed by atoms with Crippen LogP contribution in [0.3, 0.4) is 0 Å². The number of thioether (sulfide) groups is 1. The SMILES string of the molecule is CCC1C(=O)NC(=O)CN1c1cc(NN)nc(SC)n1. The predicted octanol–water partition coefficient (Wildman–Crippen LogP) is -0.274. The van der Waals surface area contributed by atoms with E-state index in [0.29, 0.717) is 23.2 Å². The van der Waals surface area contributed by atoms with E-state index in [4.69, 9.17) is 5.84 Å². The predicted molar refractivity (Wildman–Crippen MR) is 76.2 cm³/mol. The minimum atomic E-state index is -0.428. The van der Waals surface area contributed by atoms with Gasteiger partial charge in [0, 0.05) is 6.07 Å². The highest BCUT2D eigenvalue weighted by atomic mass is 32.2. The number of nitrogens with two attached hydrogens (primary N) is 1. The maximum Gasteiger partial charge on any atom is 0.249 e. The molecule has 1 atom stereocenters. The number of nitrogens with one attached hydrogen (secondary N) is 2. The van der Waals surface area contributed by atoms with Crippen molar-refractivity contribution in [1.82, 2.24) is 15.3 Å². The van der Waals surface area contributed by atoms with Crippen LogP contribution in [0.4, 0.5) is 11.6 Å². The average Bonchev–Trinajstić information content (AvgIpc) is 2.45. The summed E-state index contributed by atoms with van der Waals surface area (Å²) in [7, 11) is 0. The maximum atomic E-state index is 11.9. The topological polar surface area (TPSA) is 113 Å². The number of rotatable bonds is 4. The second-order valence-corrected chi connectivity index (χ2v) is 4.98. The summed E-state index contributed by atoms with van der Waals surface area (Å²) in [5, 5.41) is 2.85. The molecule has 1 unspecified atom stereocenters. The van der Waals surface area contributed by atoms with Gasteiger partial charge in [-0.25, -0.2) is 15.8 Å². The summed E-state index contributed by atoms with van der Waals surface area (Å²) in [4.78, 5) is 33.6. The highest BCUT2D eigenvalue weighted by Crippen LogP contribution is 2.23. The first-order chi connectivity index (χ1) is 9.58. The van der Waals surface area contributed by atoms with Gasteiger partial charge in [-0.05, 0) is 12.7 Å². The van der Waals surface area contributed by atoms with Crippen LogP contribution in [0.15, 0.2) is 11.2 Å². The summed E-state index contributed by atoms with van der Waals surface area (Å²) in [5.74, 6) is 5.67. The van der Waals surface area contributed by atoms with Crippen LogP contribution < -0.4 is 21.5 Å². The normalized spacial score (nSPS) is 18.9. The number of imide groups is 1. The van der Waals surface area contributed by atoms with Crippen molar-refractivity contribution < 1.29 is 9.59 Å². The zero-order valence-electron chi connectivity index (χ0n) is 11.2. The second kappa shape index (κ2) is 6.06. The number of carbonyl (C=O) groups is 2. The molecule has 0 radical (unpaired) electrons. The molecule has 108 valence electrons. The van der Waals surface area contributed by atoms with Crippen molar-refractivity contribution in [3.05, 3.63) is 6.07 Å². The number of anilines is 2. The summed E-state index contributed by atoms with van der Waals surface area (Å²) in [6, 6.07) is 1.19. The number of piperazine rings is 1. The van der Waals surface area contributed by atoms with Crippen LogP contribution in [0.5, 0.6) is 0 Å². The first-order valence-electron chi connectivity index (χ1n) is 6.09. The molecule has 9 heteroatoms. The van der Waals surface area contributed by atoms with Crippen molar-refractivity contribution in [2.45, 2.75) is 24.5 Å². The second-order valence-electron chi connectivity index (χ2n) is 4.21. The molecule has 1 saturated heterocycles. The van der Waals surface area contributed by atoms with E-state index in [1.165, 1.54) is 11.8 Å². The van der Waals surface area contributed by atoms with Gasteiger partial charge in [-0.1, -0.05) is 18.7 Å². The molecule has 2 rings (SSSR count). The van der Waals surface area contributed by atoms with Gasteiger partial charge in [0.25, 0.3) is 0 Å². The van der Waals surface area contributed by atoms with Gasteiger partial charge in [-0.15, -0.1) is 0 Å². The third-order valence-electron chi connectivity index (χ3n) is 2.96. The third-order valence-corrected chi connectivity index (χ3v) is 3.51. The fraction of sp³-hybridized carbons (Fsp3) is 0.455. The van der Waals surface area contributed by atoms with Crippen LogP contribution in [0.2, 0.25) is 0 Å². The smallest absolute Gasteiger partial charge is 0.249 e. The van der Waals surface area contributed by atoms with Gasteiger partial charge in [-0.3, -0.25) is 14.9 Å². The Balaban J connectivity index is 2.41. The van der Waals surface area contributed by atoms with E-state index in [0.717, 1.165) is 0 Å². The Hall–Kier alpha value is -1.87. The number of carbonyl (C=O) groups excluding carboxylic acids is 2. The van der Waals surface area contributed by atoms with E-state index in [2.05, 4.69) is 20.7 Å². The first kappa shape index (κ1) is 14.5.